The van der Waals surface area contributed by atoms with Gasteiger partial charge < -0.3 is 10.4 Å². The number of rotatable bonds is 9. The molecule has 0 unspecified atom stereocenters. The van der Waals surface area contributed by atoms with E-state index in [2.05, 4.69) is 30.6 Å². The van der Waals surface area contributed by atoms with Crippen LogP contribution in [-0.4, -0.2) is 49.3 Å². The van der Waals surface area contributed by atoms with Crippen molar-refractivity contribution in [3.05, 3.63) is 12.2 Å². The van der Waals surface area contributed by atoms with E-state index in [0.29, 0.717) is 0 Å². The molecule has 0 saturated carbocycles. The number of likely N-dealkylation sites (N-methyl/N-ethyl adjacent to an activating group) is 2. The van der Waals surface area contributed by atoms with Gasteiger partial charge in [-0.1, -0.05) is 20.4 Å². The third-order valence-electron chi connectivity index (χ3n) is 2.15. The Bertz CT molecular complexity index is 148. The third kappa shape index (κ3) is 7.06. The van der Waals surface area contributed by atoms with E-state index in [9.17, 15) is 0 Å². The largest absolute Gasteiger partial charge is 0.396 e. The molecular formula is C11H24N2O. The van der Waals surface area contributed by atoms with Gasteiger partial charge in [0.2, 0.25) is 0 Å². The summed E-state index contributed by atoms with van der Waals surface area (Å²) in [4.78, 5) is 2.30. The smallest absolute Gasteiger partial charge is 0.0443 e. The molecule has 0 amide bonds. The van der Waals surface area contributed by atoms with Crippen LogP contribution in [0.3, 0.4) is 0 Å². The molecule has 3 nitrogen and oxygen atoms in total. The molecule has 0 saturated heterocycles. The zero-order chi connectivity index (χ0) is 10.8. The van der Waals surface area contributed by atoms with Gasteiger partial charge in [0.15, 0.2) is 0 Å². The van der Waals surface area contributed by atoms with Gasteiger partial charge in [0.1, 0.15) is 0 Å². The third-order valence-corrected chi connectivity index (χ3v) is 2.15. The fourth-order valence-electron chi connectivity index (χ4n) is 1.32. The summed E-state index contributed by atoms with van der Waals surface area (Å²) in [5, 5.41) is 12.0. The van der Waals surface area contributed by atoms with Gasteiger partial charge in [0.25, 0.3) is 0 Å². The van der Waals surface area contributed by atoms with Gasteiger partial charge in [0.05, 0.1) is 0 Å². The average molecular weight is 200 g/mol. The predicted octanol–water partition coefficient (Wildman–Crippen LogP) is 0.856. The minimum atomic E-state index is 0.274. The molecule has 0 bridgehead atoms. The quantitative estimate of drug-likeness (QED) is 0.542. The molecule has 0 aliphatic rings. The van der Waals surface area contributed by atoms with Gasteiger partial charge >= 0.3 is 0 Å². The summed E-state index contributed by atoms with van der Waals surface area (Å²) in [6.07, 6.45) is 0.850. The summed E-state index contributed by atoms with van der Waals surface area (Å²) < 4.78 is 0. The first-order valence-electron chi connectivity index (χ1n) is 5.45. The maximum absolute atomic E-state index is 8.72. The van der Waals surface area contributed by atoms with Crippen LogP contribution in [0.15, 0.2) is 12.2 Å². The van der Waals surface area contributed by atoms with Crippen LogP contribution >= 0.6 is 0 Å². The highest BCUT2D eigenvalue weighted by Gasteiger charge is 2.03. The van der Waals surface area contributed by atoms with Crippen LogP contribution in [-0.2, 0) is 0 Å². The maximum Gasteiger partial charge on any atom is 0.0443 e. The van der Waals surface area contributed by atoms with Crippen LogP contribution in [0.25, 0.3) is 0 Å². The molecular weight excluding hydrogens is 176 g/mol. The fourth-order valence-corrected chi connectivity index (χ4v) is 1.32. The number of aliphatic hydroxyl groups excluding tert-OH is 1. The molecule has 14 heavy (non-hydrogen) atoms. The lowest BCUT2D eigenvalue weighted by atomic mass is 10.2. The highest BCUT2D eigenvalue weighted by Crippen LogP contribution is 1.97. The molecule has 0 spiro atoms. The van der Waals surface area contributed by atoms with Crippen LogP contribution < -0.4 is 5.32 Å². The molecule has 0 heterocycles. The van der Waals surface area contributed by atoms with Crippen LogP contribution in [0.5, 0.6) is 0 Å². The molecule has 0 aliphatic carbocycles. The van der Waals surface area contributed by atoms with Gasteiger partial charge in [0, 0.05) is 26.2 Å². The molecule has 0 aromatic heterocycles. The molecule has 84 valence electrons. The van der Waals surface area contributed by atoms with Crippen molar-refractivity contribution in [1.29, 1.82) is 0 Å². The Morgan fingerprint density at radius 3 is 2.64 bits per heavy atom. The zero-order valence-corrected chi connectivity index (χ0v) is 9.55. The van der Waals surface area contributed by atoms with Gasteiger partial charge in [-0.05, 0) is 25.1 Å². The summed E-state index contributed by atoms with van der Waals surface area (Å²) in [7, 11) is 0. The molecule has 0 fully saturated rings. The Morgan fingerprint density at radius 1 is 1.43 bits per heavy atom. The summed E-state index contributed by atoms with van der Waals surface area (Å²) in [5.74, 6) is 0. The number of hydrogen-bond donors (Lipinski definition) is 2. The molecule has 2 N–H and O–H groups in total. The first-order valence-corrected chi connectivity index (χ1v) is 5.45. The fraction of sp³-hybridized carbons (Fsp3) is 0.818. The van der Waals surface area contributed by atoms with Crippen LogP contribution in [0.4, 0.5) is 0 Å². The van der Waals surface area contributed by atoms with Gasteiger partial charge in [-0.25, -0.2) is 0 Å². The molecule has 0 radical (unpaired) electrons. The van der Waals surface area contributed by atoms with Gasteiger partial charge in [-0.2, -0.15) is 0 Å². The van der Waals surface area contributed by atoms with Crippen molar-refractivity contribution in [3.8, 4) is 0 Å². The Kier molecular flexibility index (Phi) is 8.94. The molecule has 3 heteroatoms. The SMILES string of the molecule is C=C(CNCC)CN(CC)CCCO. The highest BCUT2D eigenvalue weighted by molar-refractivity contribution is 4.99. The topological polar surface area (TPSA) is 35.5 Å². The van der Waals surface area contributed by atoms with Crippen molar-refractivity contribution in [2.75, 3.05) is 39.3 Å². The molecule has 0 aliphatic heterocycles. The number of aliphatic hydroxyl groups is 1. The minimum Gasteiger partial charge on any atom is -0.396 e. The molecule has 0 rings (SSSR count). The van der Waals surface area contributed by atoms with E-state index in [4.69, 9.17) is 5.11 Å². The first kappa shape index (κ1) is 13.6. The first-order chi connectivity index (χ1) is 6.74. The van der Waals surface area contributed by atoms with Gasteiger partial charge in [-0.3, -0.25) is 4.90 Å². The minimum absolute atomic E-state index is 0.274. The van der Waals surface area contributed by atoms with E-state index in [1.54, 1.807) is 0 Å². The number of hydrogen-bond acceptors (Lipinski definition) is 3. The normalized spacial score (nSPS) is 10.9. The van der Waals surface area contributed by atoms with E-state index in [-0.39, 0.29) is 6.61 Å². The van der Waals surface area contributed by atoms with E-state index in [1.165, 1.54) is 5.57 Å². The van der Waals surface area contributed by atoms with Gasteiger partial charge in [-0.15, -0.1) is 0 Å². The Balaban J connectivity index is 3.62. The van der Waals surface area contributed by atoms with E-state index < -0.39 is 0 Å². The average Bonchev–Trinajstić information content (AvgIpc) is 2.21. The maximum atomic E-state index is 8.72. The van der Waals surface area contributed by atoms with Crippen molar-refractivity contribution in [2.24, 2.45) is 0 Å². The monoisotopic (exact) mass is 200 g/mol. The summed E-state index contributed by atoms with van der Waals surface area (Å²) in [5.41, 5.74) is 1.21. The summed E-state index contributed by atoms with van der Waals surface area (Å²) in [6.45, 7) is 13.3. The molecule has 0 aromatic rings. The molecule has 0 aromatic carbocycles. The second-order valence-corrected chi connectivity index (χ2v) is 3.48. The number of nitrogens with one attached hydrogen (secondary N) is 1. The van der Waals surface area contributed by atoms with Crippen molar-refractivity contribution in [1.82, 2.24) is 10.2 Å². The van der Waals surface area contributed by atoms with E-state index in [1.807, 2.05) is 0 Å². The second kappa shape index (κ2) is 9.19. The number of nitrogens with zero attached hydrogens (tertiary/aromatic N) is 1. The van der Waals surface area contributed by atoms with Crippen molar-refractivity contribution < 1.29 is 5.11 Å². The Labute approximate surface area is 87.8 Å². The Morgan fingerprint density at radius 2 is 2.14 bits per heavy atom. The Hall–Kier alpha value is -0.380. The van der Waals surface area contributed by atoms with Crippen molar-refractivity contribution >= 4 is 0 Å². The zero-order valence-electron chi connectivity index (χ0n) is 9.55. The van der Waals surface area contributed by atoms with Crippen molar-refractivity contribution in [3.63, 3.8) is 0 Å². The van der Waals surface area contributed by atoms with E-state index >= 15 is 0 Å². The van der Waals surface area contributed by atoms with Crippen LogP contribution in [0.1, 0.15) is 20.3 Å². The lowest BCUT2D eigenvalue weighted by Crippen LogP contribution is -2.30. The van der Waals surface area contributed by atoms with Crippen LogP contribution in [0.2, 0.25) is 0 Å². The summed E-state index contributed by atoms with van der Waals surface area (Å²) >= 11 is 0. The lowest BCUT2D eigenvalue weighted by molar-refractivity contribution is 0.239. The standard InChI is InChI=1S/C11H24N2O/c1-4-12-9-11(3)10-13(5-2)7-6-8-14/h12,14H,3-10H2,1-2H3. The highest BCUT2D eigenvalue weighted by atomic mass is 16.3. The van der Waals surface area contributed by atoms with Crippen LogP contribution in [0, 0.1) is 0 Å². The van der Waals surface area contributed by atoms with E-state index in [0.717, 1.165) is 39.1 Å². The second-order valence-electron chi connectivity index (χ2n) is 3.48. The molecule has 0 atom stereocenters. The summed E-state index contributed by atoms with van der Waals surface area (Å²) in [6, 6.07) is 0. The predicted molar refractivity (Wildman–Crippen MR) is 61.5 cm³/mol. The van der Waals surface area contributed by atoms with Crippen molar-refractivity contribution in [2.45, 2.75) is 20.3 Å². The lowest BCUT2D eigenvalue weighted by Gasteiger charge is -2.21.